The van der Waals surface area contributed by atoms with Gasteiger partial charge in [-0.3, -0.25) is 4.21 Å². The van der Waals surface area contributed by atoms with Gasteiger partial charge in [0.25, 0.3) is 0 Å². The molecule has 84 heavy (non-hydrogen) atoms. The highest BCUT2D eigenvalue weighted by Crippen LogP contribution is 2.44. The molecule has 2 N–H and O–H groups in total. The Labute approximate surface area is 571 Å². The monoisotopic (exact) mass is 1620 g/mol. The van der Waals surface area contributed by atoms with Crippen LogP contribution in [0.1, 0.15) is 0 Å². The fraction of sp³-hybridized carbons (Fsp3) is 0.0448. The molecule has 0 aliphatic rings. The summed E-state index contributed by atoms with van der Waals surface area (Å²) < 4.78 is 19.9. The van der Waals surface area contributed by atoms with Crippen LogP contribution in [0.5, 0.6) is 0 Å². The van der Waals surface area contributed by atoms with Gasteiger partial charge in [-0.2, -0.15) is 0 Å². The van der Waals surface area contributed by atoms with Gasteiger partial charge in [0.2, 0.25) is 0 Å². The Morgan fingerprint density at radius 2 is 0.881 bits per heavy atom. The van der Waals surface area contributed by atoms with Crippen LogP contribution < -0.4 is 5.46 Å². The summed E-state index contributed by atoms with van der Waals surface area (Å²) in [5, 5.41) is 33.3. The van der Waals surface area contributed by atoms with Gasteiger partial charge in [0.1, 0.15) is 0 Å². The van der Waals surface area contributed by atoms with E-state index in [0.29, 0.717) is 10.5 Å². The minimum Gasteiger partial charge on any atom is -0.423 e. The molecule has 1 aromatic heterocycles. The Bertz CT molecular complexity index is 4590. The molecule has 0 aliphatic carbocycles. The van der Waals surface area contributed by atoms with Crippen LogP contribution >= 0.6 is 168 Å². The molecular formula is C67H46BBr4Cl4IO3S4. The zero-order chi connectivity index (χ0) is 59.8. The largest absolute Gasteiger partial charge is 0.489 e. The van der Waals surface area contributed by atoms with E-state index in [4.69, 9.17) is 46.4 Å². The van der Waals surface area contributed by atoms with Gasteiger partial charge in [-0.15, -0.1) is 34.9 Å². The Kier molecular flexibility index (Phi) is 23.3. The summed E-state index contributed by atoms with van der Waals surface area (Å²) in [6, 6.07) is 70.9. The van der Waals surface area contributed by atoms with Crippen LogP contribution in [0.2, 0.25) is 20.1 Å². The minimum atomic E-state index is -1.41. The fourth-order valence-corrected chi connectivity index (χ4v) is 17.2. The van der Waals surface area contributed by atoms with Gasteiger partial charge in [-0.1, -0.05) is 268 Å². The van der Waals surface area contributed by atoms with E-state index >= 15 is 0 Å². The van der Waals surface area contributed by atoms with E-state index in [-0.39, 0.29) is 0 Å². The van der Waals surface area contributed by atoms with Crippen molar-refractivity contribution in [3.63, 3.8) is 0 Å². The second-order valence-corrected chi connectivity index (χ2v) is 29.1. The lowest BCUT2D eigenvalue weighted by molar-refractivity contribution is 0.425. The number of halogens is 9. The molecule has 1 atom stereocenters. The van der Waals surface area contributed by atoms with Gasteiger partial charge >= 0.3 is 7.12 Å². The fourth-order valence-electron chi connectivity index (χ4n) is 9.57. The minimum absolute atomic E-state index is 0.571. The molecule has 0 radical (unpaired) electrons. The van der Waals surface area contributed by atoms with Crippen LogP contribution in [0.25, 0.3) is 85.5 Å². The highest BCUT2D eigenvalue weighted by Gasteiger charge is 2.19. The van der Waals surface area contributed by atoms with E-state index in [1.165, 1.54) is 58.6 Å². The Morgan fingerprint density at radius 1 is 0.452 bits per heavy atom. The number of benzene rings is 12. The van der Waals surface area contributed by atoms with Crippen molar-refractivity contribution < 1.29 is 14.3 Å². The third-order valence-corrected chi connectivity index (χ3v) is 21.7. The quantitative estimate of drug-likeness (QED) is 0.0752. The number of thioether (sulfide) groups is 2. The van der Waals surface area contributed by atoms with Crippen LogP contribution in [-0.2, 0) is 10.8 Å². The molecule has 422 valence electrons. The molecule has 0 aliphatic heterocycles. The Morgan fingerprint density at radius 3 is 1.40 bits per heavy atom. The van der Waals surface area contributed by atoms with E-state index in [0.717, 1.165) is 89.9 Å². The van der Waals surface area contributed by atoms with Gasteiger partial charge in [-0.05, 0) is 149 Å². The smallest absolute Gasteiger partial charge is 0.423 e. The van der Waals surface area contributed by atoms with Crippen LogP contribution in [0, 0.1) is 3.57 Å². The normalized spacial score (nSPS) is 11.3. The van der Waals surface area contributed by atoms with E-state index in [2.05, 4.69) is 177 Å². The van der Waals surface area contributed by atoms with Crippen LogP contribution in [-0.4, -0.2) is 40.1 Å². The Balaban J connectivity index is 0.000000129. The first kappa shape index (κ1) is 65.0. The van der Waals surface area contributed by atoms with Crippen LogP contribution in [0.3, 0.4) is 0 Å². The molecule has 13 rings (SSSR count). The molecule has 0 bridgehead atoms. The third-order valence-electron chi connectivity index (χ3n) is 13.3. The molecule has 0 fully saturated rings. The number of fused-ring (bicyclic) bond motifs is 8. The van der Waals surface area contributed by atoms with Crippen molar-refractivity contribution in [1.29, 1.82) is 0 Å². The van der Waals surface area contributed by atoms with Gasteiger partial charge < -0.3 is 10.0 Å². The van der Waals surface area contributed by atoms with Crippen molar-refractivity contribution in [1.82, 2.24) is 0 Å². The predicted molar refractivity (Wildman–Crippen MR) is 395 cm³/mol. The third kappa shape index (κ3) is 15.3. The van der Waals surface area contributed by atoms with Crippen molar-refractivity contribution in [2.24, 2.45) is 0 Å². The first-order valence-corrected chi connectivity index (χ1v) is 36.1. The van der Waals surface area contributed by atoms with Gasteiger partial charge in [0.15, 0.2) is 0 Å². The zero-order valence-electron chi connectivity index (χ0n) is 44.6. The Hall–Kier alpha value is -3.46. The average Bonchev–Trinajstić information content (AvgIpc) is 3.95. The molecule has 1 unspecified atom stereocenters. The SMILES string of the molecule is CS(=O)c1c(-c2ccc(Br)cc2Cl)ccc2ccccc12.CSc1c(-c2ccc(Br)cc2Cl)ccc2ccccc12.CSc1c(B(O)O)ccc2ccccc12.Clc1cc(Br)cc2sc3c4ccccc4ccc3c12.Clc1cc(Br)ccc1I. The molecule has 0 saturated carbocycles. The van der Waals surface area contributed by atoms with Gasteiger partial charge in [0.05, 0.1) is 25.7 Å². The summed E-state index contributed by atoms with van der Waals surface area (Å²) in [6.45, 7) is 0. The van der Waals surface area contributed by atoms with Crippen molar-refractivity contribution in [3.05, 3.63) is 254 Å². The summed E-state index contributed by atoms with van der Waals surface area (Å²) >= 11 is 45.9. The topological polar surface area (TPSA) is 57.5 Å². The molecule has 12 aromatic carbocycles. The maximum Gasteiger partial charge on any atom is 0.489 e. The molecular weight excluding hydrogens is 1580 g/mol. The molecule has 17 heteroatoms. The second-order valence-electron chi connectivity index (χ2n) is 18.6. The maximum absolute atomic E-state index is 12.3. The molecule has 3 nitrogen and oxygen atoms in total. The number of rotatable bonds is 6. The van der Waals surface area contributed by atoms with Crippen LogP contribution in [0.4, 0.5) is 0 Å². The molecule has 0 spiro atoms. The van der Waals surface area contributed by atoms with Crippen LogP contribution in [0.15, 0.2) is 245 Å². The van der Waals surface area contributed by atoms with E-state index in [1.54, 1.807) is 35.4 Å². The molecule has 0 saturated heterocycles. The maximum atomic E-state index is 12.3. The second kappa shape index (κ2) is 30.2. The van der Waals surface area contributed by atoms with Gasteiger partial charge in [-0.25, -0.2) is 0 Å². The highest BCUT2D eigenvalue weighted by atomic mass is 127. The van der Waals surface area contributed by atoms with Crippen molar-refractivity contribution in [2.75, 3.05) is 18.8 Å². The van der Waals surface area contributed by atoms with Crippen molar-refractivity contribution in [3.8, 4) is 22.3 Å². The summed E-state index contributed by atoms with van der Waals surface area (Å²) in [5.74, 6) is 0. The number of hydrogen-bond donors (Lipinski definition) is 2. The summed E-state index contributed by atoms with van der Waals surface area (Å²) in [6.07, 6.45) is 5.75. The highest BCUT2D eigenvalue weighted by molar-refractivity contribution is 14.1. The lowest BCUT2D eigenvalue weighted by Gasteiger charge is -2.13. The molecule has 0 amide bonds. The molecule has 1 heterocycles. The predicted octanol–water partition coefficient (Wildman–Crippen LogP) is 23.9. The van der Waals surface area contributed by atoms with E-state index < -0.39 is 17.9 Å². The first-order valence-electron chi connectivity index (χ1n) is 25.5. The first-order chi connectivity index (χ1) is 40.5. The lowest BCUT2D eigenvalue weighted by atomic mass is 9.79. The summed E-state index contributed by atoms with van der Waals surface area (Å²) in [7, 11) is -2.51. The number of thiophene rings is 1. The standard InChI is InChI=1S/C17H12BrClOS.C17H12BrClS.C16H8BrClS.C11H11BO2S.C6H3BrClI/c1-21(20)17-13-5-3-2-4-11(13)6-8-15(17)14-9-7-12(18)10-16(14)19;1-20-17-13-5-3-2-4-11(13)6-8-15(17)14-9-7-12(18)10-16(14)19;17-10-7-13(18)15-12-6-5-9-3-1-2-4-11(9)16(12)19-14(15)8-10;1-15-11-9-5-3-2-4-8(9)6-7-10(11)12(13)14;7-4-1-2-6(9)5(8)3-4/h2-10H,1H3;2-10H,1H3;1-8H;2-7,13-14H,1H3;1-3H. The summed E-state index contributed by atoms with van der Waals surface area (Å²) in [4.78, 5) is 3.03. The van der Waals surface area contributed by atoms with E-state index in [9.17, 15) is 14.3 Å². The zero-order valence-corrected chi connectivity index (χ0v) is 59.4. The van der Waals surface area contributed by atoms with Gasteiger partial charge in [0, 0.05) is 78.9 Å². The average molecular weight is 1630 g/mol. The summed E-state index contributed by atoms with van der Waals surface area (Å²) in [5.41, 5.74) is 4.66. The van der Waals surface area contributed by atoms with Crippen molar-refractivity contribution in [2.45, 2.75) is 14.7 Å². The van der Waals surface area contributed by atoms with E-state index in [1.807, 2.05) is 128 Å². The number of hydrogen-bond acceptors (Lipinski definition) is 6. The van der Waals surface area contributed by atoms with Crippen molar-refractivity contribution >= 4 is 254 Å². The molecule has 13 aromatic rings. The lowest BCUT2D eigenvalue weighted by Crippen LogP contribution is -2.31.